The van der Waals surface area contributed by atoms with Crippen LogP contribution in [0.25, 0.3) is 38.2 Å². The maximum absolute atomic E-state index is 5.39. The Kier molecular flexibility index (Phi) is 2.36. The van der Waals surface area contributed by atoms with E-state index in [9.17, 15) is 0 Å². The predicted octanol–water partition coefficient (Wildman–Crippen LogP) is 3.59. The van der Waals surface area contributed by atoms with Crippen LogP contribution in [0.15, 0.2) is 55.0 Å². The molecule has 0 unspecified atom stereocenters. The van der Waals surface area contributed by atoms with Gasteiger partial charge >= 0.3 is 0 Å². The van der Waals surface area contributed by atoms with Crippen molar-refractivity contribution in [2.24, 2.45) is 0 Å². The van der Waals surface area contributed by atoms with Crippen LogP contribution in [0.2, 0.25) is 0 Å². The van der Waals surface area contributed by atoms with Gasteiger partial charge in [-0.25, -0.2) is 4.98 Å². The lowest BCUT2D eigenvalue weighted by Gasteiger charge is -2.11. The Morgan fingerprint density at radius 1 is 0.913 bits per heavy atom. The summed E-state index contributed by atoms with van der Waals surface area (Å²) < 4.78 is 7.25. The molecule has 0 atom stereocenters. The van der Waals surface area contributed by atoms with Gasteiger partial charge < -0.3 is 4.74 Å². The van der Waals surface area contributed by atoms with E-state index in [0.29, 0.717) is 5.78 Å². The van der Waals surface area contributed by atoms with Gasteiger partial charge in [0.1, 0.15) is 12.1 Å². The van der Waals surface area contributed by atoms with Crippen LogP contribution in [0.3, 0.4) is 0 Å². The molecule has 110 valence electrons. The molecule has 5 aromatic rings. The monoisotopic (exact) mass is 300 g/mol. The summed E-state index contributed by atoms with van der Waals surface area (Å²) in [5.41, 5.74) is 0.932. The summed E-state index contributed by atoms with van der Waals surface area (Å²) in [7, 11) is 1.68. The molecule has 0 aliphatic rings. The number of hydrogen-bond donors (Lipinski definition) is 0. The number of methoxy groups -OCH3 is 1. The Morgan fingerprint density at radius 2 is 1.74 bits per heavy atom. The standard InChI is InChI=1S/C18H12N4O/c1-23-11-6-7-14-15(8-11)12-4-2-3-5-13(12)16-9-22-10-19-21-18(22)20-17(14)16/h2-10H,1H3. The SMILES string of the molecule is COc1ccc2c(c1)c1ccccc1c1cn3cnnc3nc21. The number of ether oxygens (including phenoxy) is 1. The van der Waals surface area contributed by atoms with Gasteiger partial charge in [0.2, 0.25) is 0 Å². The minimum Gasteiger partial charge on any atom is -0.497 e. The van der Waals surface area contributed by atoms with Crippen molar-refractivity contribution in [1.29, 1.82) is 0 Å². The quantitative estimate of drug-likeness (QED) is 0.444. The van der Waals surface area contributed by atoms with Crippen LogP contribution in [0.1, 0.15) is 0 Å². The van der Waals surface area contributed by atoms with E-state index in [1.54, 1.807) is 13.4 Å². The second-order valence-electron chi connectivity index (χ2n) is 5.50. The highest BCUT2D eigenvalue weighted by Gasteiger charge is 2.12. The number of fused-ring (bicyclic) bond motifs is 7. The van der Waals surface area contributed by atoms with Crippen molar-refractivity contribution in [2.75, 3.05) is 7.11 Å². The molecule has 23 heavy (non-hydrogen) atoms. The Hall–Kier alpha value is -3.21. The van der Waals surface area contributed by atoms with Gasteiger partial charge in [-0.2, -0.15) is 0 Å². The molecule has 0 fully saturated rings. The van der Waals surface area contributed by atoms with E-state index in [-0.39, 0.29) is 0 Å². The predicted molar refractivity (Wildman–Crippen MR) is 89.9 cm³/mol. The Morgan fingerprint density at radius 3 is 2.57 bits per heavy atom. The molecule has 2 heterocycles. The van der Waals surface area contributed by atoms with Crippen LogP contribution in [0.4, 0.5) is 0 Å². The fourth-order valence-electron chi connectivity index (χ4n) is 3.20. The van der Waals surface area contributed by atoms with E-state index in [1.165, 1.54) is 5.39 Å². The molecule has 2 aromatic heterocycles. The zero-order valence-electron chi connectivity index (χ0n) is 12.4. The summed E-state index contributed by atoms with van der Waals surface area (Å²) in [5, 5.41) is 13.7. The van der Waals surface area contributed by atoms with Gasteiger partial charge in [-0.1, -0.05) is 24.3 Å². The Balaban J connectivity index is 2.12. The van der Waals surface area contributed by atoms with E-state index in [2.05, 4.69) is 40.5 Å². The first kappa shape index (κ1) is 12.3. The summed E-state index contributed by atoms with van der Waals surface area (Å²) in [4.78, 5) is 4.72. The normalized spacial score (nSPS) is 11.7. The van der Waals surface area contributed by atoms with Crippen LogP contribution < -0.4 is 4.74 Å². The van der Waals surface area contributed by atoms with Crippen molar-refractivity contribution in [3.8, 4) is 5.75 Å². The lowest BCUT2D eigenvalue weighted by Crippen LogP contribution is -1.92. The molecular weight excluding hydrogens is 288 g/mol. The first-order chi connectivity index (χ1) is 11.3. The summed E-state index contributed by atoms with van der Waals surface area (Å²) in [5.74, 6) is 1.44. The lowest BCUT2D eigenvalue weighted by atomic mass is 9.98. The van der Waals surface area contributed by atoms with Crippen molar-refractivity contribution in [2.45, 2.75) is 0 Å². The van der Waals surface area contributed by atoms with Gasteiger partial charge in [0.25, 0.3) is 5.78 Å². The molecule has 5 nitrogen and oxygen atoms in total. The average Bonchev–Trinajstić information content (AvgIpc) is 3.07. The van der Waals surface area contributed by atoms with Crippen molar-refractivity contribution < 1.29 is 4.74 Å². The van der Waals surface area contributed by atoms with Gasteiger partial charge in [0.05, 0.1) is 12.6 Å². The highest BCUT2D eigenvalue weighted by Crippen LogP contribution is 2.35. The van der Waals surface area contributed by atoms with Gasteiger partial charge in [0.15, 0.2) is 0 Å². The number of rotatable bonds is 1. The van der Waals surface area contributed by atoms with Gasteiger partial charge in [-0.3, -0.25) is 4.40 Å². The second-order valence-corrected chi connectivity index (χ2v) is 5.50. The largest absolute Gasteiger partial charge is 0.497 e. The fourth-order valence-corrected chi connectivity index (χ4v) is 3.20. The third-order valence-corrected chi connectivity index (χ3v) is 4.28. The average molecular weight is 300 g/mol. The topological polar surface area (TPSA) is 52.3 Å². The van der Waals surface area contributed by atoms with E-state index in [1.807, 2.05) is 22.7 Å². The van der Waals surface area contributed by atoms with Crippen LogP contribution in [-0.4, -0.2) is 26.7 Å². The van der Waals surface area contributed by atoms with Crippen LogP contribution in [0.5, 0.6) is 5.75 Å². The number of hydrogen-bond acceptors (Lipinski definition) is 4. The first-order valence-electron chi connectivity index (χ1n) is 7.34. The van der Waals surface area contributed by atoms with Crippen LogP contribution in [0, 0.1) is 0 Å². The van der Waals surface area contributed by atoms with E-state index in [0.717, 1.165) is 32.8 Å². The minimum atomic E-state index is 0.602. The maximum Gasteiger partial charge on any atom is 0.255 e. The van der Waals surface area contributed by atoms with Gasteiger partial charge in [-0.05, 0) is 34.4 Å². The molecule has 0 aliphatic carbocycles. The number of benzene rings is 3. The van der Waals surface area contributed by atoms with Crippen molar-refractivity contribution >= 4 is 38.2 Å². The zero-order valence-corrected chi connectivity index (χ0v) is 12.4. The minimum absolute atomic E-state index is 0.602. The van der Waals surface area contributed by atoms with E-state index >= 15 is 0 Å². The second kappa shape index (κ2) is 4.39. The fraction of sp³-hybridized carbons (Fsp3) is 0.0556. The molecule has 0 N–H and O–H groups in total. The third-order valence-electron chi connectivity index (χ3n) is 4.28. The molecular formula is C18H12N4O. The van der Waals surface area contributed by atoms with E-state index in [4.69, 9.17) is 9.72 Å². The lowest BCUT2D eigenvalue weighted by molar-refractivity contribution is 0.415. The van der Waals surface area contributed by atoms with Crippen molar-refractivity contribution in [3.05, 3.63) is 55.0 Å². The molecule has 0 aliphatic heterocycles. The Bertz CT molecular complexity index is 1210. The van der Waals surface area contributed by atoms with Crippen molar-refractivity contribution in [1.82, 2.24) is 19.6 Å². The van der Waals surface area contributed by atoms with Gasteiger partial charge in [0, 0.05) is 17.0 Å². The first-order valence-corrected chi connectivity index (χ1v) is 7.34. The van der Waals surface area contributed by atoms with Crippen LogP contribution in [-0.2, 0) is 0 Å². The summed E-state index contributed by atoms with van der Waals surface area (Å²) >= 11 is 0. The molecule has 0 spiro atoms. The van der Waals surface area contributed by atoms with Crippen molar-refractivity contribution in [3.63, 3.8) is 0 Å². The zero-order chi connectivity index (χ0) is 15.4. The highest BCUT2D eigenvalue weighted by molar-refractivity contribution is 6.24. The van der Waals surface area contributed by atoms with Crippen LogP contribution >= 0.6 is 0 Å². The summed E-state index contributed by atoms with van der Waals surface area (Å²) in [6, 6.07) is 14.4. The molecule has 0 bridgehead atoms. The molecule has 0 radical (unpaired) electrons. The molecule has 5 rings (SSSR count). The molecule has 0 amide bonds. The molecule has 0 saturated heterocycles. The van der Waals surface area contributed by atoms with E-state index < -0.39 is 0 Å². The summed E-state index contributed by atoms with van der Waals surface area (Å²) in [6.07, 6.45) is 3.72. The molecule has 5 heteroatoms. The Labute approximate surface area is 131 Å². The number of aromatic nitrogens is 4. The number of nitrogens with zero attached hydrogens (tertiary/aromatic N) is 4. The molecule has 3 aromatic carbocycles. The smallest absolute Gasteiger partial charge is 0.255 e. The summed E-state index contributed by atoms with van der Waals surface area (Å²) in [6.45, 7) is 0. The maximum atomic E-state index is 5.39. The van der Waals surface area contributed by atoms with Gasteiger partial charge in [-0.15, -0.1) is 10.2 Å². The third kappa shape index (κ3) is 1.64. The molecule has 0 saturated carbocycles. The highest BCUT2D eigenvalue weighted by atomic mass is 16.5.